The summed E-state index contributed by atoms with van der Waals surface area (Å²) < 4.78 is 26.9. The van der Waals surface area contributed by atoms with Crippen LogP contribution in [0.5, 0.6) is 0 Å². The van der Waals surface area contributed by atoms with E-state index >= 15 is 0 Å². The van der Waals surface area contributed by atoms with Crippen LogP contribution in [0.2, 0.25) is 0 Å². The number of hydrogen-bond donors (Lipinski definition) is 1. The largest absolute Gasteiger partial charge is 0.321 e. The highest BCUT2D eigenvalue weighted by Crippen LogP contribution is 2.19. The van der Waals surface area contributed by atoms with Crippen molar-refractivity contribution in [3.05, 3.63) is 47.5 Å². The first-order chi connectivity index (χ1) is 9.16. The first-order valence-electron chi connectivity index (χ1n) is 6.07. The quantitative estimate of drug-likeness (QED) is 0.814. The first kappa shape index (κ1) is 13.6. The van der Waals surface area contributed by atoms with Crippen molar-refractivity contribution in [2.75, 3.05) is 6.54 Å². The molecule has 102 valence electrons. The fourth-order valence-electron chi connectivity index (χ4n) is 1.81. The van der Waals surface area contributed by atoms with E-state index in [1.165, 1.54) is 12.1 Å². The molecule has 2 aromatic rings. The van der Waals surface area contributed by atoms with E-state index in [0.717, 1.165) is 24.4 Å². The fraction of sp³-hybridized carbons (Fsp3) is 0.385. The van der Waals surface area contributed by atoms with Gasteiger partial charge in [0.1, 0.15) is 12.2 Å². The molecule has 0 saturated heterocycles. The van der Waals surface area contributed by atoms with Gasteiger partial charge >= 0.3 is 0 Å². The van der Waals surface area contributed by atoms with Crippen LogP contribution in [0.1, 0.15) is 23.4 Å². The summed E-state index contributed by atoms with van der Waals surface area (Å²) in [5.74, 6) is 0.897. The van der Waals surface area contributed by atoms with Gasteiger partial charge in [0.05, 0.1) is 0 Å². The third-order valence-electron chi connectivity index (χ3n) is 2.86. The Balaban J connectivity index is 1.79. The zero-order valence-corrected chi connectivity index (χ0v) is 10.7. The van der Waals surface area contributed by atoms with Crippen LogP contribution < -0.4 is 5.32 Å². The van der Waals surface area contributed by atoms with Crippen LogP contribution in [0, 0.1) is 0 Å². The van der Waals surface area contributed by atoms with Gasteiger partial charge in [0.25, 0.3) is 6.43 Å². The monoisotopic (exact) mass is 266 g/mol. The maximum atomic E-state index is 12.5. The molecule has 0 saturated carbocycles. The minimum absolute atomic E-state index is 0.0626. The first-order valence-corrected chi connectivity index (χ1v) is 6.07. The van der Waals surface area contributed by atoms with Crippen molar-refractivity contribution in [2.24, 2.45) is 7.05 Å². The maximum absolute atomic E-state index is 12.5. The molecule has 0 aliphatic carbocycles. The lowest BCUT2D eigenvalue weighted by molar-refractivity contribution is 0.151. The molecule has 19 heavy (non-hydrogen) atoms. The molecule has 1 heterocycles. The van der Waals surface area contributed by atoms with E-state index in [1.807, 2.05) is 17.7 Å². The summed E-state index contributed by atoms with van der Waals surface area (Å²) in [6, 6.07) is 6.45. The number of halogens is 2. The van der Waals surface area contributed by atoms with Crippen molar-refractivity contribution in [3.8, 4) is 0 Å². The van der Waals surface area contributed by atoms with Crippen LogP contribution >= 0.6 is 0 Å². The van der Waals surface area contributed by atoms with Crippen molar-refractivity contribution in [3.63, 3.8) is 0 Å². The molecule has 0 unspecified atom stereocenters. The second-order valence-corrected chi connectivity index (χ2v) is 4.33. The molecular formula is C13H16F2N4. The van der Waals surface area contributed by atoms with E-state index in [-0.39, 0.29) is 5.56 Å². The molecule has 0 aliphatic heterocycles. The zero-order chi connectivity index (χ0) is 13.7. The number of hydrogen-bond acceptors (Lipinski definition) is 3. The average Bonchev–Trinajstić information content (AvgIpc) is 2.81. The number of rotatable bonds is 6. The highest BCUT2D eigenvalue weighted by Gasteiger charge is 2.06. The predicted octanol–water partition coefficient (Wildman–Crippen LogP) is 2.08. The van der Waals surface area contributed by atoms with Crippen molar-refractivity contribution in [1.29, 1.82) is 0 Å². The summed E-state index contributed by atoms with van der Waals surface area (Å²) in [5, 5.41) is 11.0. The van der Waals surface area contributed by atoms with E-state index in [0.29, 0.717) is 6.54 Å². The Labute approximate surface area is 110 Å². The average molecular weight is 266 g/mol. The number of benzene rings is 1. The summed E-state index contributed by atoms with van der Waals surface area (Å²) >= 11 is 0. The molecule has 0 spiro atoms. The van der Waals surface area contributed by atoms with E-state index in [1.54, 1.807) is 12.4 Å². The smallest absolute Gasteiger partial charge is 0.263 e. The van der Waals surface area contributed by atoms with Crippen molar-refractivity contribution in [2.45, 2.75) is 19.4 Å². The number of nitrogens with one attached hydrogen (secondary N) is 1. The number of aryl methyl sites for hydroxylation is 1. The molecule has 1 aromatic heterocycles. The van der Waals surface area contributed by atoms with Crippen molar-refractivity contribution < 1.29 is 8.78 Å². The van der Waals surface area contributed by atoms with Gasteiger partial charge in [-0.3, -0.25) is 0 Å². The summed E-state index contributed by atoms with van der Waals surface area (Å²) in [5.41, 5.74) is 0.920. The summed E-state index contributed by atoms with van der Waals surface area (Å²) in [7, 11) is 1.89. The van der Waals surface area contributed by atoms with Crippen LogP contribution in [0.4, 0.5) is 8.78 Å². The maximum Gasteiger partial charge on any atom is 0.263 e. The highest BCUT2D eigenvalue weighted by atomic mass is 19.3. The predicted molar refractivity (Wildman–Crippen MR) is 67.8 cm³/mol. The van der Waals surface area contributed by atoms with E-state index in [2.05, 4.69) is 15.5 Å². The molecule has 1 N–H and O–H groups in total. The normalized spacial score (nSPS) is 11.2. The third kappa shape index (κ3) is 3.82. The van der Waals surface area contributed by atoms with Gasteiger partial charge in [-0.2, -0.15) is 0 Å². The molecule has 0 amide bonds. The molecule has 4 nitrogen and oxygen atoms in total. The van der Waals surface area contributed by atoms with Crippen molar-refractivity contribution >= 4 is 0 Å². The lowest BCUT2D eigenvalue weighted by atomic mass is 10.1. The second-order valence-electron chi connectivity index (χ2n) is 4.33. The molecule has 0 aliphatic rings. The Bertz CT molecular complexity index is 525. The van der Waals surface area contributed by atoms with Gasteiger partial charge in [0.15, 0.2) is 0 Å². The summed E-state index contributed by atoms with van der Waals surface area (Å²) in [6.07, 6.45) is -0.00876. The molecule has 0 atom stereocenters. The van der Waals surface area contributed by atoms with E-state index < -0.39 is 6.43 Å². The van der Waals surface area contributed by atoms with Gasteiger partial charge in [0, 0.05) is 32.1 Å². The minimum Gasteiger partial charge on any atom is -0.321 e. The third-order valence-corrected chi connectivity index (χ3v) is 2.86. The lowest BCUT2D eigenvalue weighted by Crippen LogP contribution is -2.18. The number of aromatic nitrogens is 3. The van der Waals surface area contributed by atoms with Crippen LogP contribution in [0.25, 0.3) is 0 Å². The Kier molecular flexibility index (Phi) is 4.57. The number of nitrogens with zero attached hydrogens (tertiary/aromatic N) is 3. The molecule has 6 heteroatoms. The summed E-state index contributed by atoms with van der Waals surface area (Å²) in [6.45, 7) is 1.30. The zero-order valence-electron chi connectivity index (χ0n) is 10.7. The van der Waals surface area contributed by atoms with E-state index in [9.17, 15) is 8.78 Å². The molecule has 0 radical (unpaired) electrons. The SMILES string of the molecule is Cn1cnnc1CCNCc1cccc(C(F)F)c1. The van der Waals surface area contributed by atoms with Gasteiger partial charge in [-0.1, -0.05) is 18.2 Å². The fourth-order valence-corrected chi connectivity index (χ4v) is 1.81. The van der Waals surface area contributed by atoms with Crippen LogP contribution in [-0.2, 0) is 20.0 Å². The van der Waals surface area contributed by atoms with Crippen LogP contribution in [0.3, 0.4) is 0 Å². The van der Waals surface area contributed by atoms with Gasteiger partial charge in [0.2, 0.25) is 0 Å². The van der Waals surface area contributed by atoms with Gasteiger partial charge in [-0.15, -0.1) is 10.2 Å². The standard InChI is InChI=1S/C13H16F2N4/c1-19-9-17-18-12(19)5-6-16-8-10-3-2-4-11(7-10)13(14)15/h2-4,7,9,13,16H,5-6,8H2,1H3. The Morgan fingerprint density at radius 3 is 2.89 bits per heavy atom. The molecule has 2 rings (SSSR count). The minimum atomic E-state index is -2.42. The van der Waals surface area contributed by atoms with Gasteiger partial charge in [-0.25, -0.2) is 8.78 Å². The van der Waals surface area contributed by atoms with Gasteiger partial charge in [-0.05, 0) is 11.6 Å². The van der Waals surface area contributed by atoms with Crippen LogP contribution in [0.15, 0.2) is 30.6 Å². The highest BCUT2D eigenvalue weighted by molar-refractivity contribution is 5.24. The molecular weight excluding hydrogens is 250 g/mol. The Hall–Kier alpha value is -1.82. The molecule has 1 aromatic carbocycles. The van der Waals surface area contributed by atoms with Gasteiger partial charge < -0.3 is 9.88 Å². The topological polar surface area (TPSA) is 42.7 Å². The molecule has 0 bridgehead atoms. The number of alkyl halides is 2. The summed E-state index contributed by atoms with van der Waals surface area (Å²) in [4.78, 5) is 0. The lowest BCUT2D eigenvalue weighted by Gasteiger charge is -2.06. The molecule has 0 fully saturated rings. The van der Waals surface area contributed by atoms with Crippen molar-refractivity contribution in [1.82, 2.24) is 20.1 Å². The Morgan fingerprint density at radius 1 is 1.37 bits per heavy atom. The Morgan fingerprint density at radius 2 is 2.21 bits per heavy atom. The van der Waals surface area contributed by atoms with E-state index in [4.69, 9.17) is 0 Å². The second kappa shape index (κ2) is 6.38. The van der Waals surface area contributed by atoms with Crippen LogP contribution in [-0.4, -0.2) is 21.3 Å².